The van der Waals surface area contributed by atoms with Crippen LogP contribution < -0.4 is 5.32 Å². The second-order valence-electron chi connectivity index (χ2n) is 16.0. The topological polar surface area (TPSA) is 21.9 Å². The monoisotopic (exact) mass is 699 g/mol. The summed E-state index contributed by atoms with van der Waals surface area (Å²) in [4.78, 5) is 0. The predicted octanol–water partition coefficient (Wildman–Crippen LogP) is 12.9. The van der Waals surface area contributed by atoms with Gasteiger partial charge in [0.2, 0.25) is 0 Å². The van der Waals surface area contributed by atoms with E-state index in [0.717, 1.165) is 31.4 Å². The highest BCUT2D eigenvalue weighted by Crippen LogP contribution is 2.45. The van der Waals surface area contributed by atoms with Gasteiger partial charge in [0, 0.05) is 39.3 Å². The molecule has 3 aliphatic rings. The minimum atomic E-state index is -0.0186. The highest BCUT2D eigenvalue weighted by molar-refractivity contribution is 6.11. The first kappa shape index (κ1) is 32.6. The highest BCUT2D eigenvalue weighted by Gasteiger charge is 2.30. The third kappa shape index (κ3) is 5.33. The van der Waals surface area contributed by atoms with Gasteiger partial charge in [-0.05, 0) is 107 Å². The van der Waals surface area contributed by atoms with Crippen LogP contribution in [0.3, 0.4) is 0 Å². The molecule has 0 bridgehead atoms. The number of aromatic nitrogens is 2. The fourth-order valence-corrected chi connectivity index (χ4v) is 9.10. The van der Waals surface area contributed by atoms with Crippen molar-refractivity contribution in [2.24, 2.45) is 0 Å². The maximum Gasteiger partial charge on any atom is 0.0700 e. The summed E-state index contributed by atoms with van der Waals surface area (Å²) in [6, 6.07) is 42.4. The summed E-state index contributed by atoms with van der Waals surface area (Å²) in [6.07, 6.45) is 20.8. The first-order valence-electron chi connectivity index (χ1n) is 19.5. The number of benzene rings is 5. The quantitative estimate of drug-likeness (QED) is 0.190. The van der Waals surface area contributed by atoms with Gasteiger partial charge < -0.3 is 14.5 Å². The number of hydrogen-bond acceptors (Lipinski definition) is 1. The predicted molar refractivity (Wildman–Crippen MR) is 230 cm³/mol. The van der Waals surface area contributed by atoms with E-state index >= 15 is 0 Å². The molecule has 0 amide bonds. The molecule has 10 rings (SSSR count). The van der Waals surface area contributed by atoms with Crippen LogP contribution in [0.15, 0.2) is 158 Å². The van der Waals surface area contributed by atoms with Crippen LogP contribution >= 0.6 is 0 Å². The molecule has 0 radical (unpaired) electrons. The molecule has 264 valence electrons. The van der Waals surface area contributed by atoms with Crippen LogP contribution in [0.1, 0.15) is 56.9 Å². The van der Waals surface area contributed by atoms with Gasteiger partial charge in [0.1, 0.15) is 0 Å². The van der Waals surface area contributed by atoms with Crippen molar-refractivity contribution in [1.82, 2.24) is 14.5 Å². The molecule has 1 aliphatic heterocycles. The minimum absolute atomic E-state index is 0.0186. The first-order chi connectivity index (χ1) is 26.4. The van der Waals surface area contributed by atoms with Crippen LogP contribution in [0.25, 0.3) is 71.9 Å². The zero-order valence-electron chi connectivity index (χ0n) is 31.3. The fraction of sp³-hybridized carbons (Fsp3) is 0.176. The molecule has 3 heterocycles. The average Bonchev–Trinajstić information content (AvgIpc) is 3.73. The normalized spacial score (nSPS) is 17.0. The van der Waals surface area contributed by atoms with Crippen LogP contribution in [-0.4, -0.2) is 15.2 Å². The van der Waals surface area contributed by atoms with Crippen molar-refractivity contribution in [3.05, 3.63) is 175 Å². The number of nitrogens with zero attached hydrogens (tertiary/aromatic N) is 2. The lowest BCUT2D eigenvalue weighted by Gasteiger charge is -2.26. The maximum absolute atomic E-state index is 3.89. The fourth-order valence-electron chi connectivity index (χ4n) is 9.10. The number of fused-ring (bicyclic) bond motifs is 6. The van der Waals surface area contributed by atoms with Crippen LogP contribution in [0.4, 0.5) is 0 Å². The van der Waals surface area contributed by atoms with Gasteiger partial charge in [-0.25, -0.2) is 0 Å². The molecule has 1 unspecified atom stereocenters. The van der Waals surface area contributed by atoms with Gasteiger partial charge in [-0.2, -0.15) is 0 Å². The van der Waals surface area contributed by atoms with E-state index in [1.807, 2.05) is 0 Å². The lowest BCUT2D eigenvalue weighted by Crippen LogP contribution is -2.28. The van der Waals surface area contributed by atoms with Crippen molar-refractivity contribution in [3.8, 4) is 22.3 Å². The summed E-state index contributed by atoms with van der Waals surface area (Å²) in [6.45, 7) is 7.04. The number of nitrogens with one attached hydrogen (secondary N) is 1. The summed E-state index contributed by atoms with van der Waals surface area (Å²) < 4.78 is 5.00. The van der Waals surface area contributed by atoms with E-state index in [1.165, 1.54) is 83.1 Å². The minimum Gasteiger partial charge on any atom is -0.379 e. The summed E-state index contributed by atoms with van der Waals surface area (Å²) in [7, 11) is 0. The molecule has 1 atom stereocenters. The Balaban J connectivity index is 1.09. The summed E-state index contributed by atoms with van der Waals surface area (Å²) >= 11 is 0. The Bertz CT molecular complexity index is 2750. The largest absolute Gasteiger partial charge is 0.379 e. The average molecular weight is 700 g/mol. The van der Waals surface area contributed by atoms with E-state index in [4.69, 9.17) is 0 Å². The SMILES string of the molecule is CC(C)(C)c1cc2c(cc1-c1ccccc1)c1c(n2C2=CCCC=C2)CCC=C1C1C=CC(n2c3ccccc3c3cc(-c4ccccc4)ccc32)=CN1. The Morgan fingerprint density at radius 3 is 2.09 bits per heavy atom. The molecular formula is C51H45N3. The van der Waals surface area contributed by atoms with E-state index in [1.54, 1.807) is 0 Å². The highest BCUT2D eigenvalue weighted by atomic mass is 15.0. The first-order valence-corrected chi connectivity index (χ1v) is 19.5. The third-order valence-electron chi connectivity index (χ3n) is 11.6. The van der Waals surface area contributed by atoms with Crippen LogP contribution in [0.2, 0.25) is 0 Å². The lowest BCUT2D eigenvalue weighted by molar-refractivity contribution is 0.592. The molecule has 1 N–H and O–H groups in total. The van der Waals surface area contributed by atoms with Gasteiger partial charge in [-0.15, -0.1) is 0 Å². The van der Waals surface area contributed by atoms with Crippen molar-refractivity contribution >= 4 is 49.7 Å². The molecule has 0 fully saturated rings. The van der Waals surface area contributed by atoms with E-state index < -0.39 is 0 Å². The molecule has 54 heavy (non-hydrogen) atoms. The molecule has 0 saturated carbocycles. The van der Waals surface area contributed by atoms with Gasteiger partial charge in [0.25, 0.3) is 0 Å². The van der Waals surface area contributed by atoms with E-state index in [9.17, 15) is 0 Å². The van der Waals surface area contributed by atoms with Gasteiger partial charge in [-0.3, -0.25) is 0 Å². The Morgan fingerprint density at radius 2 is 1.35 bits per heavy atom. The summed E-state index contributed by atoms with van der Waals surface area (Å²) in [5.74, 6) is 0. The van der Waals surface area contributed by atoms with Crippen molar-refractivity contribution < 1.29 is 0 Å². The molecule has 7 aromatic rings. The van der Waals surface area contributed by atoms with Gasteiger partial charge in [0.15, 0.2) is 0 Å². The van der Waals surface area contributed by atoms with E-state index in [2.05, 4.69) is 193 Å². The molecule has 0 saturated heterocycles. The van der Waals surface area contributed by atoms with Crippen LogP contribution in [0.5, 0.6) is 0 Å². The molecule has 2 aromatic heterocycles. The second kappa shape index (κ2) is 12.8. The van der Waals surface area contributed by atoms with Crippen molar-refractivity contribution in [2.45, 2.75) is 57.9 Å². The lowest BCUT2D eigenvalue weighted by atomic mass is 9.80. The molecular weight excluding hydrogens is 655 g/mol. The maximum atomic E-state index is 3.89. The molecule has 3 nitrogen and oxygen atoms in total. The molecule has 0 spiro atoms. The number of allylic oxidation sites excluding steroid dienone is 7. The zero-order chi connectivity index (χ0) is 36.4. The molecule has 3 heteroatoms. The van der Waals surface area contributed by atoms with Crippen molar-refractivity contribution in [3.63, 3.8) is 0 Å². The number of rotatable bonds is 5. The summed E-state index contributed by atoms with van der Waals surface area (Å²) in [5.41, 5.74) is 16.8. The van der Waals surface area contributed by atoms with Gasteiger partial charge in [0.05, 0.1) is 28.3 Å². The van der Waals surface area contributed by atoms with E-state index in [0.29, 0.717) is 0 Å². The second-order valence-corrected chi connectivity index (χ2v) is 16.0. The molecule has 2 aliphatic carbocycles. The summed E-state index contributed by atoms with van der Waals surface area (Å²) in [5, 5.41) is 7.77. The van der Waals surface area contributed by atoms with Crippen LogP contribution in [0, 0.1) is 0 Å². The van der Waals surface area contributed by atoms with Gasteiger partial charge >= 0.3 is 0 Å². The number of para-hydroxylation sites is 1. The van der Waals surface area contributed by atoms with Crippen LogP contribution in [-0.2, 0) is 11.8 Å². The Labute approximate surface area is 318 Å². The van der Waals surface area contributed by atoms with Crippen molar-refractivity contribution in [2.75, 3.05) is 0 Å². The van der Waals surface area contributed by atoms with E-state index in [-0.39, 0.29) is 11.5 Å². The Hall–Kier alpha value is -6.06. The molecule has 5 aromatic carbocycles. The van der Waals surface area contributed by atoms with Gasteiger partial charge in [-0.1, -0.05) is 130 Å². The Kier molecular flexibility index (Phi) is 7.73. The number of dihydropyridines is 1. The smallest absolute Gasteiger partial charge is 0.0700 e. The van der Waals surface area contributed by atoms with Crippen molar-refractivity contribution in [1.29, 1.82) is 0 Å². The Morgan fingerprint density at radius 1 is 0.593 bits per heavy atom. The zero-order valence-corrected chi connectivity index (χ0v) is 31.3. The number of hydrogen-bond donors (Lipinski definition) is 1. The standard InChI is InChI=1S/C51H45N3/c1-51(2,3)44-32-49-43(31-41(44)35-18-9-5-10-19-35)50-40(23-15-25-48(50)53(49)37-20-11-6-12-21-37)45-28-27-38(33-52-45)54-46-24-14-13-22-39(46)42-30-36(26-29-47(42)54)34-16-7-4-8-17-34/h4-5,7-11,13-14,16-24,26-33,45,52H,6,12,15,25H2,1-3H3. The third-order valence-corrected chi connectivity index (χ3v) is 11.6.